The van der Waals surface area contributed by atoms with Crippen LogP contribution in [0.5, 0.6) is 0 Å². The molecule has 0 bridgehead atoms. The summed E-state index contributed by atoms with van der Waals surface area (Å²) in [7, 11) is 0. The first-order chi connectivity index (χ1) is 30.0. The fourth-order valence-electron chi connectivity index (χ4n) is 6.39. The van der Waals surface area contributed by atoms with Crippen LogP contribution in [0.4, 0.5) is 0 Å². The zero-order chi connectivity index (χ0) is 44.4. The van der Waals surface area contributed by atoms with E-state index in [-0.39, 0.29) is 50.4 Å². The first-order valence-corrected chi connectivity index (χ1v) is 24.8. The third-order valence-corrected chi connectivity index (χ3v) is 10.1. The van der Waals surface area contributed by atoms with Crippen LogP contribution in [-0.4, -0.2) is 37.2 Å². The minimum atomic E-state index is -0.830. The van der Waals surface area contributed by atoms with Crippen molar-refractivity contribution in [3.63, 3.8) is 0 Å². The van der Waals surface area contributed by atoms with Gasteiger partial charge >= 0.3 is 17.9 Å². The Hall–Kier alpha value is -3.67. The molecule has 0 aliphatic carbocycles. The van der Waals surface area contributed by atoms with Gasteiger partial charge in [-0.25, -0.2) is 0 Å². The third kappa shape index (κ3) is 47.2. The predicted molar refractivity (Wildman–Crippen MR) is 260 cm³/mol. The van der Waals surface area contributed by atoms with Gasteiger partial charge in [0.15, 0.2) is 6.10 Å². The molecular weight excluding hydrogens is 757 g/mol. The van der Waals surface area contributed by atoms with Crippen LogP contribution in [0.1, 0.15) is 213 Å². The Kier molecular flexibility index (Phi) is 46.0. The maximum atomic E-state index is 12.7. The highest BCUT2D eigenvalue weighted by molar-refractivity contribution is 5.71. The van der Waals surface area contributed by atoms with Crippen LogP contribution >= 0.6 is 0 Å². The van der Waals surface area contributed by atoms with Gasteiger partial charge in [0.2, 0.25) is 0 Å². The molecule has 0 heterocycles. The number of rotatable bonds is 43. The van der Waals surface area contributed by atoms with Crippen LogP contribution < -0.4 is 0 Å². The molecule has 0 aromatic heterocycles. The molecule has 0 spiro atoms. The molecule has 0 radical (unpaired) electrons. The lowest BCUT2D eigenvalue weighted by Crippen LogP contribution is -2.30. The van der Waals surface area contributed by atoms with E-state index in [1.165, 1.54) is 83.5 Å². The minimum absolute atomic E-state index is 0.130. The molecule has 0 saturated carbocycles. The summed E-state index contributed by atoms with van der Waals surface area (Å²) in [5.74, 6) is -1.07. The van der Waals surface area contributed by atoms with Gasteiger partial charge in [0.05, 0.1) is 0 Å². The van der Waals surface area contributed by atoms with Crippen LogP contribution in [0, 0.1) is 0 Å². The summed E-state index contributed by atoms with van der Waals surface area (Å²) in [6.07, 6.45) is 64.1. The van der Waals surface area contributed by atoms with E-state index in [0.29, 0.717) is 12.8 Å². The molecule has 0 N–H and O–H groups in total. The molecule has 346 valence electrons. The molecular formula is C55H90O6. The van der Waals surface area contributed by atoms with Gasteiger partial charge in [0.1, 0.15) is 13.2 Å². The van der Waals surface area contributed by atoms with Crippen molar-refractivity contribution in [2.75, 3.05) is 13.2 Å². The van der Waals surface area contributed by atoms with E-state index in [0.717, 1.165) is 77.0 Å². The number of hydrogen-bond acceptors (Lipinski definition) is 6. The highest BCUT2D eigenvalue weighted by atomic mass is 16.6. The maximum absolute atomic E-state index is 12.7. The van der Waals surface area contributed by atoms with Gasteiger partial charge in [-0.1, -0.05) is 201 Å². The summed E-state index contributed by atoms with van der Waals surface area (Å²) in [6.45, 7) is 6.36. The summed E-state index contributed by atoms with van der Waals surface area (Å²) in [4.78, 5) is 37.8. The van der Waals surface area contributed by atoms with E-state index in [9.17, 15) is 14.4 Å². The van der Waals surface area contributed by atoms with Crippen molar-refractivity contribution in [3.05, 3.63) is 97.2 Å². The lowest BCUT2D eigenvalue weighted by Gasteiger charge is -2.18. The van der Waals surface area contributed by atoms with E-state index in [1.807, 2.05) is 12.2 Å². The van der Waals surface area contributed by atoms with Gasteiger partial charge in [-0.05, 0) is 89.9 Å². The van der Waals surface area contributed by atoms with Crippen molar-refractivity contribution in [1.82, 2.24) is 0 Å². The molecule has 6 heteroatoms. The lowest BCUT2D eigenvalue weighted by atomic mass is 10.1. The Morgan fingerprint density at radius 2 is 0.754 bits per heavy atom. The van der Waals surface area contributed by atoms with Crippen molar-refractivity contribution in [1.29, 1.82) is 0 Å². The zero-order valence-electron chi connectivity index (χ0n) is 39.4. The first-order valence-electron chi connectivity index (χ1n) is 24.8. The van der Waals surface area contributed by atoms with E-state index in [2.05, 4.69) is 106 Å². The predicted octanol–water partition coefficient (Wildman–Crippen LogP) is 16.2. The summed E-state index contributed by atoms with van der Waals surface area (Å²) in [5.41, 5.74) is 0. The molecule has 0 aliphatic heterocycles. The van der Waals surface area contributed by atoms with Crippen LogP contribution in [0.25, 0.3) is 0 Å². The summed E-state index contributed by atoms with van der Waals surface area (Å²) in [5, 5.41) is 0. The van der Waals surface area contributed by atoms with Crippen LogP contribution in [0.2, 0.25) is 0 Å². The molecule has 1 unspecified atom stereocenters. The number of carbonyl (C=O) groups is 3. The number of hydrogen-bond donors (Lipinski definition) is 0. The molecule has 0 saturated heterocycles. The molecule has 0 amide bonds. The van der Waals surface area contributed by atoms with Gasteiger partial charge in [-0.3, -0.25) is 14.4 Å². The molecule has 0 aliphatic rings. The molecule has 61 heavy (non-hydrogen) atoms. The summed E-state index contributed by atoms with van der Waals surface area (Å²) in [6, 6.07) is 0. The summed E-state index contributed by atoms with van der Waals surface area (Å²) >= 11 is 0. The van der Waals surface area contributed by atoms with Gasteiger partial charge in [-0.15, -0.1) is 0 Å². The second-order valence-electron chi connectivity index (χ2n) is 16.0. The van der Waals surface area contributed by atoms with E-state index in [4.69, 9.17) is 14.2 Å². The van der Waals surface area contributed by atoms with E-state index in [1.54, 1.807) is 0 Å². The topological polar surface area (TPSA) is 78.9 Å². The average molecular weight is 847 g/mol. The molecule has 1 atom stereocenters. The normalized spacial score (nSPS) is 12.9. The Balaban J connectivity index is 4.56. The van der Waals surface area contributed by atoms with Crippen molar-refractivity contribution >= 4 is 17.9 Å². The third-order valence-electron chi connectivity index (χ3n) is 10.1. The number of carbonyl (C=O) groups excluding carboxylic acids is 3. The van der Waals surface area contributed by atoms with E-state index >= 15 is 0 Å². The monoisotopic (exact) mass is 847 g/mol. The number of ether oxygens (including phenoxy) is 3. The largest absolute Gasteiger partial charge is 0.462 e. The van der Waals surface area contributed by atoms with Gasteiger partial charge in [0.25, 0.3) is 0 Å². The highest BCUT2D eigenvalue weighted by Gasteiger charge is 2.19. The molecule has 0 fully saturated rings. The number of unbranched alkanes of at least 4 members (excludes halogenated alkanes) is 18. The minimum Gasteiger partial charge on any atom is -0.462 e. The van der Waals surface area contributed by atoms with Crippen LogP contribution in [0.15, 0.2) is 97.2 Å². The van der Waals surface area contributed by atoms with Crippen molar-refractivity contribution in [3.8, 4) is 0 Å². The van der Waals surface area contributed by atoms with Crippen molar-refractivity contribution in [2.24, 2.45) is 0 Å². The lowest BCUT2D eigenvalue weighted by molar-refractivity contribution is -0.166. The fraction of sp³-hybridized carbons (Fsp3) is 0.655. The van der Waals surface area contributed by atoms with Crippen LogP contribution in [-0.2, 0) is 28.6 Å². The van der Waals surface area contributed by atoms with Crippen molar-refractivity contribution in [2.45, 2.75) is 219 Å². The summed E-state index contributed by atoms with van der Waals surface area (Å²) < 4.78 is 16.6. The highest BCUT2D eigenvalue weighted by Crippen LogP contribution is 2.12. The Labute approximate surface area is 375 Å². The second kappa shape index (κ2) is 49.0. The molecule has 0 aromatic rings. The number of esters is 3. The van der Waals surface area contributed by atoms with Crippen LogP contribution in [0.3, 0.4) is 0 Å². The molecule has 0 rings (SSSR count). The zero-order valence-corrected chi connectivity index (χ0v) is 39.4. The molecule has 6 nitrogen and oxygen atoms in total. The first kappa shape index (κ1) is 57.3. The van der Waals surface area contributed by atoms with Gasteiger partial charge < -0.3 is 14.2 Å². The quantitative estimate of drug-likeness (QED) is 0.0200. The van der Waals surface area contributed by atoms with Crippen molar-refractivity contribution < 1.29 is 28.6 Å². The Bertz CT molecular complexity index is 1250. The SMILES string of the molecule is CC\C=C/C=C\C=C/CCCCCCCC(=O)OC(COC(=O)CC/C=C\C/C=C\CCCCCCCC)COC(=O)CCC/C=C\C/C=C\C/C=C\CCCCCCCC. The van der Waals surface area contributed by atoms with Gasteiger partial charge in [-0.2, -0.15) is 0 Å². The standard InChI is InChI=1S/C55H90O6/c1-4-7-10-13-16-19-22-25-26-27-28-31-33-36-39-42-45-48-54(57)60-51-52(61-55(58)49-46-43-40-37-34-30-24-21-18-15-12-9-6-3)50-59-53(56)47-44-41-38-35-32-29-23-20-17-14-11-8-5-2/h9,12,15,18,21,24-26,28-29,31-32,36,38-39,41,52H,4-8,10-11,13-14,16-17,19-20,22-23,27,30,33-35,37,40,42-51H2,1-3H3/b12-9-,18-15-,24-21-,26-25-,31-28-,32-29-,39-36-,41-38-. The van der Waals surface area contributed by atoms with E-state index < -0.39 is 6.10 Å². The van der Waals surface area contributed by atoms with Gasteiger partial charge in [0, 0.05) is 19.3 Å². The Morgan fingerprint density at radius 1 is 0.361 bits per heavy atom. The fourth-order valence-corrected chi connectivity index (χ4v) is 6.39. The Morgan fingerprint density at radius 3 is 1.28 bits per heavy atom. The maximum Gasteiger partial charge on any atom is 0.306 e. The molecule has 0 aromatic carbocycles. The number of allylic oxidation sites excluding steroid dienone is 16. The smallest absolute Gasteiger partial charge is 0.306 e. The second-order valence-corrected chi connectivity index (χ2v) is 16.0. The average Bonchev–Trinajstić information content (AvgIpc) is 3.26.